The summed E-state index contributed by atoms with van der Waals surface area (Å²) in [6.07, 6.45) is 2.33. The van der Waals surface area contributed by atoms with Crippen molar-refractivity contribution in [3.05, 3.63) is 72.3 Å². The van der Waals surface area contributed by atoms with Gasteiger partial charge < -0.3 is 24.6 Å². The van der Waals surface area contributed by atoms with Crippen LogP contribution < -0.4 is 20.1 Å². The van der Waals surface area contributed by atoms with Gasteiger partial charge in [-0.3, -0.25) is 10.1 Å². The van der Waals surface area contributed by atoms with E-state index in [1.807, 2.05) is 20.2 Å². The highest BCUT2D eigenvalue weighted by atomic mass is 19.1. The minimum Gasteiger partial charge on any atom is -0.436 e. The molecular weight excluding hydrogens is 507 g/mol. The number of aromatic nitrogens is 2. The molecule has 12 heteroatoms. The highest BCUT2D eigenvalue weighted by Crippen LogP contribution is 2.27. The number of piperidine rings is 1. The molecule has 2 heterocycles. The molecule has 1 aromatic heterocycles. The van der Waals surface area contributed by atoms with Crippen molar-refractivity contribution in [3.8, 4) is 17.5 Å². The average Bonchev–Trinajstić information content (AvgIpc) is 2.91. The molecule has 1 aliphatic heterocycles. The number of amides is 4. The number of halogens is 1. The van der Waals surface area contributed by atoms with Crippen molar-refractivity contribution in [2.45, 2.75) is 25.3 Å². The van der Waals surface area contributed by atoms with Crippen LogP contribution >= 0.6 is 0 Å². The van der Waals surface area contributed by atoms with Gasteiger partial charge in [0.15, 0.2) is 11.6 Å². The van der Waals surface area contributed by atoms with E-state index in [1.165, 1.54) is 18.2 Å². The number of carbonyl (C=O) groups excluding carboxylic acids is 3. The molecule has 4 rings (SSSR count). The molecule has 204 valence electrons. The van der Waals surface area contributed by atoms with Gasteiger partial charge in [-0.25, -0.2) is 23.9 Å². The minimum atomic E-state index is -0.794. The molecule has 0 spiro atoms. The maximum Gasteiger partial charge on any atom is 0.416 e. The van der Waals surface area contributed by atoms with E-state index in [0.717, 1.165) is 30.8 Å². The highest BCUT2D eigenvalue weighted by Gasteiger charge is 2.25. The van der Waals surface area contributed by atoms with Crippen LogP contribution in [0, 0.1) is 5.82 Å². The molecule has 0 radical (unpaired) electrons. The molecule has 39 heavy (non-hydrogen) atoms. The SMILES string of the molecule is CN(C)C1CCN(C(=O)Oc2cc(Oc3ccc(NC(=O)NC(=O)Cc4ccccc4)cc3F)ncn2)CC1. The van der Waals surface area contributed by atoms with Gasteiger partial charge in [0, 0.05) is 30.9 Å². The predicted octanol–water partition coefficient (Wildman–Crippen LogP) is 3.82. The van der Waals surface area contributed by atoms with Gasteiger partial charge >= 0.3 is 12.1 Å². The Morgan fingerprint density at radius 1 is 1.03 bits per heavy atom. The van der Waals surface area contributed by atoms with Crippen molar-refractivity contribution < 1.29 is 28.2 Å². The van der Waals surface area contributed by atoms with Gasteiger partial charge in [0.05, 0.1) is 12.5 Å². The first-order valence-corrected chi connectivity index (χ1v) is 12.3. The number of anilines is 1. The molecule has 1 aliphatic rings. The second-order valence-electron chi connectivity index (χ2n) is 9.16. The van der Waals surface area contributed by atoms with E-state index in [4.69, 9.17) is 9.47 Å². The third-order valence-electron chi connectivity index (χ3n) is 6.13. The molecule has 4 amide bonds. The van der Waals surface area contributed by atoms with E-state index >= 15 is 0 Å². The second kappa shape index (κ2) is 12.8. The number of urea groups is 1. The number of rotatable bonds is 7. The van der Waals surface area contributed by atoms with Crippen LogP contribution in [0.15, 0.2) is 60.9 Å². The summed E-state index contributed by atoms with van der Waals surface area (Å²) in [7, 11) is 4.03. The van der Waals surface area contributed by atoms with E-state index in [-0.39, 0.29) is 29.6 Å². The Bertz CT molecular complexity index is 1320. The van der Waals surface area contributed by atoms with Crippen molar-refractivity contribution >= 4 is 23.7 Å². The molecule has 3 aromatic rings. The minimum absolute atomic E-state index is 0.0284. The van der Waals surface area contributed by atoms with Gasteiger partial charge in [-0.1, -0.05) is 30.3 Å². The van der Waals surface area contributed by atoms with E-state index in [9.17, 15) is 18.8 Å². The summed E-state index contributed by atoms with van der Waals surface area (Å²) in [6.45, 7) is 1.14. The maximum atomic E-state index is 14.7. The zero-order valence-electron chi connectivity index (χ0n) is 21.6. The molecular formula is C27H29FN6O5. The topological polar surface area (TPSA) is 126 Å². The van der Waals surface area contributed by atoms with Gasteiger partial charge in [0.2, 0.25) is 17.7 Å². The summed E-state index contributed by atoms with van der Waals surface area (Å²) in [4.78, 5) is 48.3. The number of nitrogens with zero attached hydrogens (tertiary/aromatic N) is 4. The summed E-state index contributed by atoms with van der Waals surface area (Å²) in [5.41, 5.74) is 0.864. The van der Waals surface area contributed by atoms with Crippen LogP contribution in [-0.2, 0) is 11.2 Å². The molecule has 2 N–H and O–H groups in total. The van der Waals surface area contributed by atoms with E-state index in [0.29, 0.717) is 19.1 Å². The Labute approximate surface area is 224 Å². The fraction of sp³-hybridized carbons (Fsp3) is 0.296. The quantitative estimate of drug-likeness (QED) is 0.467. The van der Waals surface area contributed by atoms with Crippen molar-refractivity contribution in [1.82, 2.24) is 25.1 Å². The summed E-state index contributed by atoms with van der Waals surface area (Å²) in [6, 6.07) is 13.6. The number of likely N-dealkylation sites (tertiary alicyclic amines) is 1. The maximum absolute atomic E-state index is 14.7. The van der Waals surface area contributed by atoms with Crippen molar-refractivity contribution in [3.63, 3.8) is 0 Å². The predicted molar refractivity (Wildman–Crippen MR) is 140 cm³/mol. The highest BCUT2D eigenvalue weighted by molar-refractivity contribution is 6.01. The van der Waals surface area contributed by atoms with Crippen LogP contribution in [0.1, 0.15) is 18.4 Å². The molecule has 0 unspecified atom stereocenters. The Kier molecular flexibility index (Phi) is 9.00. The Balaban J connectivity index is 1.29. The van der Waals surface area contributed by atoms with E-state index < -0.39 is 23.8 Å². The van der Waals surface area contributed by atoms with Crippen LogP contribution in [0.4, 0.5) is 19.7 Å². The van der Waals surface area contributed by atoms with Crippen molar-refractivity contribution in [1.29, 1.82) is 0 Å². The number of ether oxygens (including phenoxy) is 2. The number of imide groups is 1. The normalized spacial score (nSPS) is 13.6. The monoisotopic (exact) mass is 536 g/mol. The lowest BCUT2D eigenvalue weighted by Gasteiger charge is -2.34. The van der Waals surface area contributed by atoms with Crippen molar-refractivity contribution in [2.75, 3.05) is 32.5 Å². The fourth-order valence-corrected chi connectivity index (χ4v) is 4.04. The third kappa shape index (κ3) is 7.95. The standard InChI is InChI=1S/C27H29FN6O5/c1-33(2)20-10-12-34(13-11-20)27(37)39-25-16-24(29-17-30-25)38-22-9-8-19(15-21(22)28)31-26(36)32-23(35)14-18-6-4-3-5-7-18/h3-9,15-17,20H,10-14H2,1-2H3,(H2,31,32,35,36). The summed E-state index contributed by atoms with van der Waals surface area (Å²) < 4.78 is 25.5. The Hall–Kier alpha value is -4.58. The number of benzene rings is 2. The fourth-order valence-electron chi connectivity index (χ4n) is 4.04. The Morgan fingerprint density at radius 3 is 2.44 bits per heavy atom. The summed E-state index contributed by atoms with van der Waals surface area (Å²) in [5, 5.41) is 4.60. The van der Waals surface area contributed by atoms with E-state index in [1.54, 1.807) is 29.2 Å². The van der Waals surface area contributed by atoms with Crippen LogP contribution in [0.2, 0.25) is 0 Å². The first-order chi connectivity index (χ1) is 18.8. The van der Waals surface area contributed by atoms with Crippen LogP contribution in [0.5, 0.6) is 17.5 Å². The number of carbonyl (C=O) groups is 3. The number of nitrogens with one attached hydrogen (secondary N) is 2. The van der Waals surface area contributed by atoms with Crippen LogP contribution in [0.25, 0.3) is 0 Å². The Morgan fingerprint density at radius 2 is 1.74 bits per heavy atom. The molecule has 1 fully saturated rings. The number of hydrogen-bond donors (Lipinski definition) is 2. The first kappa shape index (κ1) is 27.5. The zero-order chi connectivity index (χ0) is 27.8. The molecule has 0 atom stereocenters. The van der Waals surface area contributed by atoms with Gasteiger partial charge in [-0.05, 0) is 44.6 Å². The van der Waals surface area contributed by atoms with Gasteiger partial charge in [-0.2, -0.15) is 0 Å². The lowest BCUT2D eigenvalue weighted by molar-refractivity contribution is -0.119. The van der Waals surface area contributed by atoms with Crippen LogP contribution in [-0.4, -0.2) is 71.0 Å². The molecule has 2 aromatic carbocycles. The second-order valence-corrected chi connectivity index (χ2v) is 9.16. The van der Waals surface area contributed by atoms with Gasteiger partial charge in [0.1, 0.15) is 6.33 Å². The van der Waals surface area contributed by atoms with Gasteiger partial charge in [0.25, 0.3) is 0 Å². The van der Waals surface area contributed by atoms with E-state index in [2.05, 4.69) is 25.5 Å². The molecule has 0 aliphatic carbocycles. The molecule has 1 saturated heterocycles. The molecule has 0 saturated carbocycles. The van der Waals surface area contributed by atoms with Crippen LogP contribution in [0.3, 0.4) is 0 Å². The third-order valence-corrected chi connectivity index (χ3v) is 6.13. The molecule has 11 nitrogen and oxygen atoms in total. The lowest BCUT2D eigenvalue weighted by Crippen LogP contribution is -2.45. The average molecular weight is 537 g/mol. The molecule has 0 bridgehead atoms. The first-order valence-electron chi connectivity index (χ1n) is 12.3. The van der Waals surface area contributed by atoms with Gasteiger partial charge in [-0.15, -0.1) is 0 Å². The largest absolute Gasteiger partial charge is 0.436 e. The van der Waals surface area contributed by atoms with Crippen molar-refractivity contribution in [2.24, 2.45) is 0 Å². The summed E-state index contributed by atoms with van der Waals surface area (Å²) in [5.74, 6) is -1.54. The summed E-state index contributed by atoms with van der Waals surface area (Å²) >= 11 is 0. The number of hydrogen-bond acceptors (Lipinski definition) is 8. The lowest BCUT2D eigenvalue weighted by atomic mass is 10.0. The smallest absolute Gasteiger partial charge is 0.416 e. The zero-order valence-corrected chi connectivity index (χ0v) is 21.6.